The normalized spacial score (nSPS) is 12.4. The van der Waals surface area contributed by atoms with Crippen LogP contribution in [0.5, 0.6) is 0 Å². The van der Waals surface area contributed by atoms with Crippen LogP contribution in [-0.4, -0.2) is 34.4 Å². The molecule has 0 fully saturated rings. The van der Waals surface area contributed by atoms with E-state index in [-0.39, 0.29) is 0 Å². The van der Waals surface area contributed by atoms with Crippen molar-refractivity contribution in [3.05, 3.63) is 400 Å². The topological polar surface area (TPSA) is 19.7 Å². The third-order valence-electron chi connectivity index (χ3n) is 23.9. The Hall–Kier alpha value is -13.2. The Labute approximate surface area is 644 Å². The third kappa shape index (κ3) is 9.22. The Morgan fingerprint density at radius 2 is 0.373 bits per heavy atom. The molecular weight excluding hydrogens is 1400 g/mol. The molecule has 0 saturated carbocycles. The first kappa shape index (κ1) is 63.0. The number of thiophene rings is 2. The minimum atomic E-state index is -2.99. The van der Waals surface area contributed by atoms with Crippen LogP contribution in [0.4, 0.5) is 0 Å². The maximum absolute atomic E-state index is 2.99. The molecule has 0 radical (unpaired) electrons. The van der Waals surface area contributed by atoms with E-state index in [9.17, 15) is 0 Å². The number of aromatic nitrogens is 4. The van der Waals surface area contributed by atoms with Gasteiger partial charge in [0, 0.05) is 106 Å². The van der Waals surface area contributed by atoms with Gasteiger partial charge in [-0.2, -0.15) is 0 Å². The molecule has 0 atom stereocenters. The fraction of sp³-hybridized carbons (Fsp3) is 0. The predicted molar refractivity (Wildman–Crippen MR) is 477 cm³/mol. The van der Waals surface area contributed by atoms with Crippen LogP contribution < -0.4 is 41.5 Å². The van der Waals surface area contributed by atoms with E-state index in [2.05, 4.69) is 419 Å². The number of nitrogens with zero attached hydrogens (tertiary/aromatic N) is 4. The summed E-state index contributed by atoms with van der Waals surface area (Å²) in [6.45, 7) is 0. The Kier molecular flexibility index (Phi) is 14.1. The van der Waals surface area contributed by atoms with Gasteiger partial charge >= 0.3 is 0 Å². The molecule has 0 unspecified atom stereocenters. The van der Waals surface area contributed by atoms with Crippen molar-refractivity contribution in [2.75, 3.05) is 0 Å². The second-order valence-electron chi connectivity index (χ2n) is 29.4. The summed E-state index contributed by atoms with van der Waals surface area (Å²) in [5.41, 5.74) is 14.2. The van der Waals surface area contributed by atoms with Crippen LogP contribution in [-0.2, 0) is 0 Å². The zero-order chi connectivity index (χ0) is 72.2. The van der Waals surface area contributed by atoms with Gasteiger partial charge < -0.3 is 18.3 Å². The van der Waals surface area contributed by atoms with Gasteiger partial charge in [-0.05, 0) is 163 Å². The smallest absolute Gasteiger partial charge is 0.179 e. The average Bonchev–Trinajstić information content (AvgIpc) is 1.32. The first-order chi connectivity index (χ1) is 54.5. The fourth-order valence-electron chi connectivity index (χ4n) is 19.1. The molecule has 17 aromatic carbocycles. The van der Waals surface area contributed by atoms with Crippen LogP contribution >= 0.6 is 22.7 Å². The van der Waals surface area contributed by atoms with Gasteiger partial charge in [-0.15, -0.1) is 22.7 Å². The Morgan fingerprint density at radius 3 is 0.682 bits per heavy atom. The molecule has 0 saturated heterocycles. The van der Waals surface area contributed by atoms with Gasteiger partial charge in [0.25, 0.3) is 0 Å². The maximum Gasteiger partial charge on any atom is 0.179 e. The third-order valence-corrected chi connectivity index (χ3v) is 35.6. The van der Waals surface area contributed by atoms with Crippen molar-refractivity contribution in [2.24, 2.45) is 0 Å². The van der Waals surface area contributed by atoms with Crippen molar-refractivity contribution in [2.45, 2.75) is 0 Å². The van der Waals surface area contributed by atoms with E-state index in [4.69, 9.17) is 0 Å². The van der Waals surface area contributed by atoms with E-state index >= 15 is 0 Å². The highest BCUT2D eigenvalue weighted by Gasteiger charge is 2.44. The van der Waals surface area contributed by atoms with Crippen molar-refractivity contribution < 1.29 is 0 Å². The van der Waals surface area contributed by atoms with Gasteiger partial charge in [0.1, 0.15) is 0 Å². The molecule has 4 nitrogen and oxygen atoms in total. The lowest BCUT2D eigenvalue weighted by atomic mass is 10.1. The molecule has 0 bridgehead atoms. The van der Waals surface area contributed by atoms with Crippen LogP contribution in [0.1, 0.15) is 0 Å². The predicted octanol–water partition coefficient (Wildman–Crippen LogP) is 21.6. The van der Waals surface area contributed by atoms with Crippen LogP contribution in [0, 0.1) is 0 Å². The first-order valence-electron chi connectivity index (χ1n) is 37.9. The van der Waals surface area contributed by atoms with Gasteiger partial charge in [-0.25, -0.2) is 0 Å². The van der Waals surface area contributed by atoms with E-state index < -0.39 is 16.1 Å². The summed E-state index contributed by atoms with van der Waals surface area (Å²) in [6.07, 6.45) is 0. The number of hydrogen-bond donors (Lipinski definition) is 0. The molecule has 23 aromatic rings. The number of para-hydroxylation sites is 6. The van der Waals surface area contributed by atoms with Crippen LogP contribution in [0.15, 0.2) is 400 Å². The molecule has 6 heterocycles. The van der Waals surface area contributed by atoms with Gasteiger partial charge in [0.05, 0.1) is 44.1 Å². The van der Waals surface area contributed by atoms with E-state index in [0.717, 1.165) is 22.7 Å². The number of fused-ring (bicyclic) bond motifs is 18. The highest BCUT2D eigenvalue weighted by atomic mass is 32.1. The number of benzene rings is 17. The number of hydrogen-bond acceptors (Lipinski definition) is 2. The minimum Gasteiger partial charge on any atom is -0.309 e. The summed E-state index contributed by atoms with van der Waals surface area (Å²) in [7, 11) is -5.98. The summed E-state index contributed by atoms with van der Waals surface area (Å²) in [5, 5.41) is 26.0. The Morgan fingerprint density at radius 1 is 0.145 bits per heavy atom. The fourth-order valence-corrected chi connectivity index (χ4v) is 31.2. The molecule has 0 aliphatic carbocycles. The summed E-state index contributed by atoms with van der Waals surface area (Å²) >= 11 is 3.87. The second kappa shape index (κ2) is 24.7. The molecule has 0 amide bonds. The second-order valence-corrected chi connectivity index (χ2v) is 39.2. The average molecular weight is 1470 g/mol. The van der Waals surface area contributed by atoms with Crippen LogP contribution in [0.25, 0.3) is 150 Å². The Balaban J connectivity index is 0.630. The van der Waals surface area contributed by atoms with Crippen LogP contribution in [0.2, 0.25) is 0 Å². The molecule has 0 spiro atoms. The molecule has 0 aliphatic heterocycles. The lowest BCUT2D eigenvalue weighted by Gasteiger charge is -2.34. The highest BCUT2D eigenvalue weighted by Crippen LogP contribution is 2.44. The van der Waals surface area contributed by atoms with E-state index in [0.29, 0.717) is 0 Å². The largest absolute Gasteiger partial charge is 0.309 e. The number of rotatable bonds is 12. The van der Waals surface area contributed by atoms with E-state index in [1.807, 2.05) is 22.7 Å². The zero-order valence-electron chi connectivity index (χ0n) is 59.7. The van der Waals surface area contributed by atoms with Crippen molar-refractivity contribution in [1.82, 2.24) is 18.3 Å². The van der Waals surface area contributed by atoms with Crippen molar-refractivity contribution in [3.8, 4) is 22.7 Å². The van der Waals surface area contributed by atoms with Gasteiger partial charge in [0.2, 0.25) is 0 Å². The maximum atomic E-state index is 2.57. The lowest BCUT2D eigenvalue weighted by molar-refractivity contribution is 1.17. The van der Waals surface area contributed by atoms with Gasteiger partial charge in [-0.1, -0.05) is 279 Å². The van der Waals surface area contributed by atoms with E-state index in [1.165, 1.54) is 169 Å². The van der Waals surface area contributed by atoms with Crippen LogP contribution in [0.3, 0.4) is 0 Å². The lowest BCUT2D eigenvalue weighted by Crippen LogP contribution is -2.74. The summed E-state index contributed by atoms with van der Waals surface area (Å²) in [4.78, 5) is 0. The molecule has 110 heavy (non-hydrogen) atoms. The first-order valence-corrected chi connectivity index (χ1v) is 43.5. The molecule has 514 valence electrons. The minimum absolute atomic E-state index is 1.14. The summed E-state index contributed by atoms with van der Waals surface area (Å²) in [6, 6.07) is 152. The van der Waals surface area contributed by atoms with Gasteiger partial charge in [-0.3, -0.25) is 0 Å². The summed E-state index contributed by atoms with van der Waals surface area (Å²) < 4.78 is 15.0. The quantitative estimate of drug-likeness (QED) is 0.0858. The van der Waals surface area contributed by atoms with Gasteiger partial charge in [0.15, 0.2) is 16.1 Å². The van der Waals surface area contributed by atoms with E-state index in [1.54, 1.807) is 0 Å². The molecule has 6 aromatic heterocycles. The molecular formula is C102H66N4S2Si2. The highest BCUT2D eigenvalue weighted by molar-refractivity contribution is 7.28. The summed E-state index contributed by atoms with van der Waals surface area (Å²) in [5.74, 6) is 0. The van der Waals surface area contributed by atoms with Crippen molar-refractivity contribution >= 4 is 208 Å². The van der Waals surface area contributed by atoms with Crippen molar-refractivity contribution in [3.63, 3.8) is 0 Å². The molecule has 8 heteroatoms. The van der Waals surface area contributed by atoms with Crippen molar-refractivity contribution in [1.29, 1.82) is 0 Å². The zero-order valence-corrected chi connectivity index (χ0v) is 63.3. The molecule has 0 aliphatic rings. The molecule has 23 rings (SSSR count). The SMILES string of the molecule is c1ccc([Si](c2ccccc2)(c2ccc(-n3c4ccccc4c4cc(-n5c6ccccc6c6ccccc65)ccc43)cc2)c2ccc3c(c2)sc2cc4c(cc23)sc2cc([Si](c3ccccc3)(c3ccccc3)c3ccc(-n5c6ccccc6c6cc(-n7c8ccccc8c8ccccc87)ccc65)cc3)ccc24)cc1. The Bertz CT molecular complexity index is 7000. The monoisotopic (exact) mass is 1470 g/mol. The molecule has 0 N–H and O–H groups in total. The standard InChI is InChI=1S/C102H66N4S2Si2/c1-5-25-71(26-6-1)109(72-27-7-2-8-28-72,75-51-45-67(46-52-75)103-95-43-23-17-37-83(95)87-61-69(49-59-97(87)103)105-91-39-19-13-33-79(91)80-34-14-20-40-92(80)105)77-55-57-85-89-65-102-90(66-101(89)107-99(85)63-77)86-58-56-78(64-100(86)108-102)110(73-29-9-3-10-30-73,74-31-11-4-12-32-74)76-53-47-68(48-54-76)104-96-44-24-18-38-84(96)88-62-70(50-60-98(88)104)106-93-41-21-15-35-81(93)82-36-16-22-42-94(82)106/h1-66H.